The second-order valence-corrected chi connectivity index (χ2v) is 5.06. The van der Waals surface area contributed by atoms with Crippen LogP contribution in [0.2, 0.25) is 0 Å². The summed E-state index contributed by atoms with van der Waals surface area (Å²) in [5.74, 6) is 0. The van der Waals surface area contributed by atoms with Crippen LogP contribution in [0.5, 0.6) is 0 Å². The number of aryl methyl sites for hydroxylation is 2. The maximum Gasteiger partial charge on any atom is 0.0522 e. The first-order chi connectivity index (χ1) is 9.20. The normalized spacial score (nSPS) is 12.6. The van der Waals surface area contributed by atoms with E-state index >= 15 is 0 Å². The van der Waals surface area contributed by atoms with Crippen molar-refractivity contribution in [1.82, 2.24) is 15.1 Å². The zero-order chi connectivity index (χ0) is 13.7. The van der Waals surface area contributed by atoms with Crippen molar-refractivity contribution in [2.45, 2.75) is 46.3 Å². The Kier molecular flexibility index (Phi) is 4.74. The zero-order valence-corrected chi connectivity index (χ0v) is 12.1. The molecule has 0 aliphatic heterocycles. The van der Waals surface area contributed by atoms with Crippen LogP contribution in [-0.4, -0.2) is 9.78 Å². The summed E-state index contributed by atoms with van der Waals surface area (Å²) in [7, 11) is 0. The summed E-state index contributed by atoms with van der Waals surface area (Å²) < 4.78 is 2.08. The van der Waals surface area contributed by atoms with Crippen LogP contribution >= 0.6 is 0 Å². The molecule has 0 aliphatic rings. The minimum Gasteiger partial charge on any atom is -0.305 e. The van der Waals surface area contributed by atoms with Gasteiger partial charge in [0.05, 0.1) is 5.69 Å². The van der Waals surface area contributed by atoms with Gasteiger partial charge in [0.15, 0.2) is 0 Å². The molecule has 1 N–H and O–H groups in total. The molecule has 0 saturated carbocycles. The molecule has 19 heavy (non-hydrogen) atoms. The van der Waals surface area contributed by atoms with Crippen molar-refractivity contribution in [2.75, 3.05) is 0 Å². The highest BCUT2D eigenvalue weighted by Gasteiger charge is 2.07. The van der Waals surface area contributed by atoms with Gasteiger partial charge < -0.3 is 5.32 Å². The molecule has 3 heteroatoms. The van der Waals surface area contributed by atoms with Crippen molar-refractivity contribution < 1.29 is 0 Å². The Bertz CT molecular complexity index is 516. The Balaban J connectivity index is 1.96. The standard InChI is InChI=1S/C16H23N3/c1-4-10-19-16(8-9-18-19)12-17-14(3)15-7-5-6-13(2)11-15/h5-9,11,14,17H,4,10,12H2,1-3H3/t14-/m1/s1. The minimum absolute atomic E-state index is 0.352. The van der Waals surface area contributed by atoms with Crippen LogP contribution < -0.4 is 5.32 Å². The first kappa shape index (κ1) is 13.8. The van der Waals surface area contributed by atoms with Crippen molar-refractivity contribution in [3.63, 3.8) is 0 Å². The van der Waals surface area contributed by atoms with Gasteiger partial charge in [0.1, 0.15) is 0 Å². The number of rotatable bonds is 6. The van der Waals surface area contributed by atoms with Crippen molar-refractivity contribution in [1.29, 1.82) is 0 Å². The van der Waals surface area contributed by atoms with Crippen LogP contribution in [-0.2, 0) is 13.1 Å². The van der Waals surface area contributed by atoms with Crippen molar-refractivity contribution in [3.05, 3.63) is 53.3 Å². The molecule has 1 aromatic heterocycles. The third kappa shape index (κ3) is 3.67. The molecule has 2 aromatic rings. The molecule has 0 aliphatic carbocycles. The number of benzene rings is 1. The third-order valence-corrected chi connectivity index (χ3v) is 3.37. The van der Waals surface area contributed by atoms with E-state index in [1.165, 1.54) is 16.8 Å². The molecule has 1 heterocycles. The van der Waals surface area contributed by atoms with Gasteiger partial charge in [0, 0.05) is 25.3 Å². The topological polar surface area (TPSA) is 29.9 Å². The lowest BCUT2D eigenvalue weighted by Gasteiger charge is -2.15. The summed E-state index contributed by atoms with van der Waals surface area (Å²) in [5.41, 5.74) is 3.89. The summed E-state index contributed by atoms with van der Waals surface area (Å²) in [6, 6.07) is 11.1. The SMILES string of the molecule is CCCn1nccc1CN[C@H](C)c1cccc(C)c1. The van der Waals surface area contributed by atoms with Gasteiger partial charge in [0.25, 0.3) is 0 Å². The van der Waals surface area contributed by atoms with Crippen LogP contribution in [0.4, 0.5) is 0 Å². The highest BCUT2D eigenvalue weighted by atomic mass is 15.3. The van der Waals surface area contributed by atoms with Gasteiger partial charge in [-0.3, -0.25) is 4.68 Å². The largest absolute Gasteiger partial charge is 0.305 e. The molecule has 0 unspecified atom stereocenters. The van der Waals surface area contributed by atoms with Crippen LogP contribution in [0, 0.1) is 6.92 Å². The van der Waals surface area contributed by atoms with Crippen LogP contribution in [0.25, 0.3) is 0 Å². The Morgan fingerprint density at radius 3 is 2.89 bits per heavy atom. The summed E-state index contributed by atoms with van der Waals surface area (Å²) in [5, 5.41) is 7.91. The van der Waals surface area contributed by atoms with E-state index in [-0.39, 0.29) is 0 Å². The zero-order valence-electron chi connectivity index (χ0n) is 12.1. The van der Waals surface area contributed by atoms with Gasteiger partial charge in [-0.25, -0.2) is 0 Å². The van der Waals surface area contributed by atoms with E-state index in [4.69, 9.17) is 0 Å². The molecular formula is C16H23N3. The fraction of sp³-hybridized carbons (Fsp3) is 0.438. The van der Waals surface area contributed by atoms with Crippen molar-refractivity contribution >= 4 is 0 Å². The molecule has 0 fully saturated rings. The number of nitrogens with zero attached hydrogens (tertiary/aromatic N) is 2. The molecule has 0 bridgehead atoms. The van der Waals surface area contributed by atoms with E-state index in [9.17, 15) is 0 Å². The predicted octanol–water partition coefficient (Wildman–Crippen LogP) is 3.45. The average Bonchev–Trinajstić information content (AvgIpc) is 2.84. The Labute approximate surface area is 115 Å². The molecule has 0 amide bonds. The van der Waals surface area contributed by atoms with Gasteiger partial charge >= 0.3 is 0 Å². The fourth-order valence-electron chi connectivity index (χ4n) is 2.24. The monoisotopic (exact) mass is 257 g/mol. The number of hydrogen-bond acceptors (Lipinski definition) is 2. The lowest BCUT2D eigenvalue weighted by atomic mass is 10.1. The maximum absolute atomic E-state index is 4.35. The van der Waals surface area contributed by atoms with E-state index in [2.05, 4.69) is 66.2 Å². The van der Waals surface area contributed by atoms with Crippen molar-refractivity contribution in [3.8, 4) is 0 Å². The Morgan fingerprint density at radius 1 is 1.32 bits per heavy atom. The third-order valence-electron chi connectivity index (χ3n) is 3.37. The van der Waals surface area contributed by atoms with E-state index in [0.717, 1.165) is 19.5 Å². The molecule has 3 nitrogen and oxygen atoms in total. The second-order valence-electron chi connectivity index (χ2n) is 5.06. The molecule has 1 atom stereocenters. The number of aromatic nitrogens is 2. The summed E-state index contributed by atoms with van der Waals surface area (Å²) >= 11 is 0. The lowest BCUT2D eigenvalue weighted by molar-refractivity contribution is 0.517. The fourth-order valence-corrected chi connectivity index (χ4v) is 2.24. The molecule has 102 valence electrons. The van der Waals surface area contributed by atoms with E-state index in [1.54, 1.807) is 0 Å². The van der Waals surface area contributed by atoms with Gasteiger partial charge in [0.2, 0.25) is 0 Å². The van der Waals surface area contributed by atoms with E-state index < -0.39 is 0 Å². The molecule has 2 rings (SSSR count). The molecule has 1 aromatic carbocycles. The lowest BCUT2D eigenvalue weighted by Crippen LogP contribution is -2.20. The number of hydrogen-bond donors (Lipinski definition) is 1. The van der Waals surface area contributed by atoms with Crippen LogP contribution in [0.15, 0.2) is 36.5 Å². The highest BCUT2D eigenvalue weighted by molar-refractivity contribution is 5.24. The van der Waals surface area contributed by atoms with Crippen LogP contribution in [0.3, 0.4) is 0 Å². The maximum atomic E-state index is 4.35. The molecule has 0 radical (unpaired) electrons. The molecular weight excluding hydrogens is 234 g/mol. The van der Waals surface area contributed by atoms with E-state index in [1.807, 2.05) is 6.20 Å². The number of nitrogens with one attached hydrogen (secondary N) is 1. The summed E-state index contributed by atoms with van der Waals surface area (Å²) in [6.07, 6.45) is 2.99. The summed E-state index contributed by atoms with van der Waals surface area (Å²) in [4.78, 5) is 0. The highest BCUT2D eigenvalue weighted by Crippen LogP contribution is 2.14. The van der Waals surface area contributed by atoms with Crippen molar-refractivity contribution in [2.24, 2.45) is 0 Å². The van der Waals surface area contributed by atoms with Gasteiger partial charge in [-0.05, 0) is 31.9 Å². The summed E-state index contributed by atoms with van der Waals surface area (Å²) in [6.45, 7) is 8.36. The Hall–Kier alpha value is -1.61. The predicted molar refractivity (Wildman–Crippen MR) is 79.0 cm³/mol. The van der Waals surface area contributed by atoms with Gasteiger partial charge in [-0.2, -0.15) is 5.10 Å². The first-order valence-corrected chi connectivity index (χ1v) is 7.01. The molecule has 0 saturated heterocycles. The average molecular weight is 257 g/mol. The van der Waals surface area contributed by atoms with Gasteiger partial charge in [-0.1, -0.05) is 36.8 Å². The van der Waals surface area contributed by atoms with Crippen LogP contribution in [0.1, 0.15) is 43.1 Å². The first-order valence-electron chi connectivity index (χ1n) is 7.01. The van der Waals surface area contributed by atoms with Gasteiger partial charge in [-0.15, -0.1) is 0 Å². The smallest absolute Gasteiger partial charge is 0.0522 e. The quantitative estimate of drug-likeness (QED) is 0.859. The minimum atomic E-state index is 0.352. The van der Waals surface area contributed by atoms with E-state index in [0.29, 0.717) is 6.04 Å². The Morgan fingerprint density at radius 2 is 2.16 bits per heavy atom. The molecule has 0 spiro atoms. The second kappa shape index (κ2) is 6.53.